The molecule has 178 valence electrons. The summed E-state index contributed by atoms with van der Waals surface area (Å²) in [5.41, 5.74) is 2.74. The van der Waals surface area contributed by atoms with Crippen LogP contribution in [0.2, 0.25) is 0 Å². The van der Waals surface area contributed by atoms with Gasteiger partial charge in [-0.25, -0.2) is 4.98 Å². The largest absolute Gasteiger partial charge is 0.497 e. The second-order valence-corrected chi connectivity index (χ2v) is 8.64. The number of carbonyl (C=O) groups excluding carboxylic acids is 2. The number of thiazole rings is 1. The van der Waals surface area contributed by atoms with Gasteiger partial charge in [-0.15, -0.1) is 0 Å². The minimum absolute atomic E-state index is 0.104. The lowest BCUT2D eigenvalue weighted by Crippen LogP contribution is -2.11. The summed E-state index contributed by atoms with van der Waals surface area (Å²) in [5.74, 6) is 0.412. The van der Waals surface area contributed by atoms with Crippen molar-refractivity contribution in [1.82, 2.24) is 10.1 Å². The third kappa shape index (κ3) is 5.01. The van der Waals surface area contributed by atoms with Gasteiger partial charge in [0.05, 0.1) is 7.11 Å². The van der Waals surface area contributed by atoms with Crippen molar-refractivity contribution >= 4 is 33.3 Å². The van der Waals surface area contributed by atoms with Gasteiger partial charge in [0, 0.05) is 22.8 Å². The quantitative estimate of drug-likeness (QED) is 0.287. The second-order valence-electron chi connectivity index (χ2n) is 7.64. The normalized spacial score (nSPS) is 10.6. The zero-order chi connectivity index (χ0) is 24.9. The Morgan fingerprint density at radius 2 is 1.53 bits per heavy atom. The Labute approximate surface area is 210 Å². The van der Waals surface area contributed by atoms with Crippen LogP contribution in [0.15, 0.2) is 95.5 Å². The monoisotopic (exact) mass is 496 g/mol. The van der Waals surface area contributed by atoms with E-state index in [9.17, 15) is 9.59 Å². The highest BCUT2D eigenvalue weighted by Gasteiger charge is 2.20. The number of anilines is 2. The first-order chi connectivity index (χ1) is 17.6. The van der Waals surface area contributed by atoms with Gasteiger partial charge < -0.3 is 14.6 Å². The van der Waals surface area contributed by atoms with Crippen molar-refractivity contribution in [1.29, 1.82) is 0 Å². The fraction of sp³-hybridized carbons (Fsp3) is 0.0370. The zero-order valence-corrected chi connectivity index (χ0v) is 19.9. The molecule has 2 aromatic heterocycles. The number of methoxy groups -OCH3 is 1. The highest BCUT2D eigenvalue weighted by atomic mass is 32.1. The zero-order valence-electron chi connectivity index (χ0n) is 19.1. The van der Waals surface area contributed by atoms with Crippen molar-refractivity contribution in [2.24, 2.45) is 0 Å². The van der Waals surface area contributed by atoms with E-state index in [1.54, 1.807) is 49.6 Å². The lowest BCUT2D eigenvalue weighted by Gasteiger charge is -2.05. The Bertz CT molecular complexity index is 1500. The van der Waals surface area contributed by atoms with Crippen LogP contribution in [0.5, 0.6) is 5.75 Å². The molecule has 0 aliphatic heterocycles. The maximum absolute atomic E-state index is 12.9. The molecule has 0 radical (unpaired) electrons. The number of nitrogens with zero attached hydrogens (tertiary/aromatic N) is 2. The van der Waals surface area contributed by atoms with Crippen LogP contribution in [0.1, 0.15) is 20.8 Å². The van der Waals surface area contributed by atoms with Crippen LogP contribution in [0.25, 0.3) is 22.6 Å². The molecule has 0 spiro atoms. The van der Waals surface area contributed by atoms with Gasteiger partial charge in [0.25, 0.3) is 11.8 Å². The number of aromatic nitrogens is 2. The van der Waals surface area contributed by atoms with Crippen LogP contribution in [0, 0.1) is 0 Å². The van der Waals surface area contributed by atoms with Crippen molar-refractivity contribution in [3.8, 4) is 28.3 Å². The SMILES string of the molecule is COc1ccc(-c2cc(C(=O)Nc3nc(-c4ccccc4)c(NC(=O)c4ccccc4)s3)no2)cc1. The molecule has 0 atom stereocenters. The highest BCUT2D eigenvalue weighted by molar-refractivity contribution is 7.20. The molecule has 3 aromatic carbocycles. The maximum atomic E-state index is 12.9. The van der Waals surface area contributed by atoms with Crippen molar-refractivity contribution in [2.75, 3.05) is 17.7 Å². The molecule has 36 heavy (non-hydrogen) atoms. The molecule has 5 rings (SSSR count). The number of amides is 2. The standard InChI is InChI=1S/C27H20N4O4S/c1-34-20-14-12-17(13-15-20)22-16-21(31-35-22)25(33)30-27-28-23(18-8-4-2-5-9-18)26(36-27)29-24(32)19-10-6-3-7-11-19/h2-16H,1H3,(H,29,32)(H,28,30,33). The summed E-state index contributed by atoms with van der Waals surface area (Å²) in [6.07, 6.45) is 0. The molecule has 0 fully saturated rings. The van der Waals surface area contributed by atoms with E-state index < -0.39 is 5.91 Å². The smallest absolute Gasteiger partial charge is 0.279 e. The molecule has 0 unspecified atom stereocenters. The average molecular weight is 497 g/mol. The first-order valence-electron chi connectivity index (χ1n) is 11.0. The Morgan fingerprint density at radius 3 is 2.22 bits per heavy atom. The summed E-state index contributed by atoms with van der Waals surface area (Å²) >= 11 is 1.16. The predicted octanol–water partition coefficient (Wildman–Crippen LogP) is 5.98. The molecule has 9 heteroatoms. The average Bonchev–Trinajstić information content (AvgIpc) is 3.57. The summed E-state index contributed by atoms with van der Waals surface area (Å²) < 4.78 is 10.5. The first kappa shape index (κ1) is 23.0. The highest BCUT2D eigenvalue weighted by Crippen LogP contribution is 2.36. The van der Waals surface area contributed by atoms with Gasteiger partial charge >= 0.3 is 0 Å². The number of nitrogens with one attached hydrogen (secondary N) is 2. The van der Waals surface area contributed by atoms with Crippen LogP contribution in [-0.2, 0) is 0 Å². The summed E-state index contributed by atoms with van der Waals surface area (Å²) in [6.45, 7) is 0. The van der Waals surface area contributed by atoms with Crippen molar-refractivity contribution in [3.05, 3.63) is 102 Å². The molecule has 0 saturated carbocycles. The van der Waals surface area contributed by atoms with Gasteiger partial charge in [-0.3, -0.25) is 14.9 Å². The molecular weight excluding hydrogens is 476 g/mol. The molecule has 2 amide bonds. The fourth-order valence-corrected chi connectivity index (χ4v) is 4.33. The summed E-state index contributed by atoms with van der Waals surface area (Å²) in [6, 6.07) is 27.1. The lowest BCUT2D eigenvalue weighted by molar-refractivity contribution is 0.101. The number of hydrogen-bond acceptors (Lipinski definition) is 7. The van der Waals surface area contributed by atoms with Gasteiger partial charge in [0.15, 0.2) is 16.6 Å². The lowest BCUT2D eigenvalue weighted by atomic mass is 10.1. The van der Waals surface area contributed by atoms with Crippen LogP contribution in [0.3, 0.4) is 0 Å². The molecule has 5 aromatic rings. The number of rotatable bonds is 7. The number of carbonyl (C=O) groups is 2. The third-order valence-electron chi connectivity index (χ3n) is 5.28. The molecule has 0 aliphatic rings. The fourth-order valence-electron chi connectivity index (χ4n) is 3.45. The van der Waals surface area contributed by atoms with Gasteiger partial charge in [-0.2, -0.15) is 0 Å². The van der Waals surface area contributed by atoms with E-state index in [-0.39, 0.29) is 11.6 Å². The topological polar surface area (TPSA) is 106 Å². The third-order valence-corrected chi connectivity index (χ3v) is 6.16. The molecule has 8 nitrogen and oxygen atoms in total. The van der Waals surface area contributed by atoms with Crippen molar-refractivity contribution < 1.29 is 18.8 Å². The van der Waals surface area contributed by atoms with E-state index >= 15 is 0 Å². The molecule has 2 N–H and O–H groups in total. The minimum atomic E-state index is -0.479. The molecule has 0 aliphatic carbocycles. The van der Waals surface area contributed by atoms with Crippen LogP contribution >= 0.6 is 11.3 Å². The summed E-state index contributed by atoms with van der Waals surface area (Å²) in [5, 5.41) is 10.4. The second kappa shape index (κ2) is 10.2. The minimum Gasteiger partial charge on any atom is -0.497 e. The van der Waals surface area contributed by atoms with E-state index in [1.807, 2.05) is 48.5 Å². The van der Waals surface area contributed by atoms with E-state index in [2.05, 4.69) is 20.8 Å². The number of ether oxygens (including phenoxy) is 1. The Balaban J connectivity index is 1.38. The van der Waals surface area contributed by atoms with E-state index in [4.69, 9.17) is 9.26 Å². The van der Waals surface area contributed by atoms with E-state index in [0.717, 1.165) is 22.5 Å². The summed E-state index contributed by atoms with van der Waals surface area (Å²) in [4.78, 5) is 30.2. The van der Waals surface area contributed by atoms with Gasteiger partial charge in [-0.05, 0) is 36.4 Å². The van der Waals surface area contributed by atoms with E-state index in [1.165, 1.54) is 0 Å². The van der Waals surface area contributed by atoms with Gasteiger partial charge in [0.1, 0.15) is 16.4 Å². The molecule has 0 bridgehead atoms. The Morgan fingerprint density at radius 1 is 0.833 bits per heavy atom. The first-order valence-corrected chi connectivity index (χ1v) is 11.8. The van der Waals surface area contributed by atoms with Crippen LogP contribution in [0.4, 0.5) is 10.1 Å². The van der Waals surface area contributed by atoms with Crippen LogP contribution in [-0.4, -0.2) is 29.1 Å². The number of benzene rings is 3. The van der Waals surface area contributed by atoms with Gasteiger partial charge in [0.2, 0.25) is 0 Å². The summed E-state index contributed by atoms with van der Waals surface area (Å²) in [7, 11) is 1.59. The van der Waals surface area contributed by atoms with Crippen LogP contribution < -0.4 is 15.4 Å². The van der Waals surface area contributed by atoms with Gasteiger partial charge in [-0.1, -0.05) is 65.0 Å². The number of hydrogen-bond donors (Lipinski definition) is 2. The Kier molecular flexibility index (Phi) is 6.55. The maximum Gasteiger partial charge on any atom is 0.279 e. The predicted molar refractivity (Wildman–Crippen MR) is 138 cm³/mol. The van der Waals surface area contributed by atoms with Crippen molar-refractivity contribution in [2.45, 2.75) is 0 Å². The molecular formula is C27H20N4O4S. The van der Waals surface area contributed by atoms with E-state index in [0.29, 0.717) is 32.9 Å². The van der Waals surface area contributed by atoms with Crippen molar-refractivity contribution in [3.63, 3.8) is 0 Å². The molecule has 2 heterocycles. The molecule has 0 saturated heterocycles. The Hall–Kier alpha value is -4.76.